The summed E-state index contributed by atoms with van der Waals surface area (Å²) < 4.78 is 0. The molecule has 0 aliphatic rings. The lowest BCUT2D eigenvalue weighted by Gasteiger charge is -2.18. The molecule has 0 aromatic heterocycles. The van der Waals surface area contributed by atoms with Gasteiger partial charge in [0.05, 0.1) is 5.92 Å². The van der Waals surface area contributed by atoms with Crippen LogP contribution in [0.1, 0.15) is 29.0 Å². The third-order valence-corrected chi connectivity index (χ3v) is 4.51. The molecule has 0 saturated heterocycles. The summed E-state index contributed by atoms with van der Waals surface area (Å²) in [6.45, 7) is 0.792. The second-order valence-electron chi connectivity index (χ2n) is 6.56. The highest BCUT2D eigenvalue weighted by Crippen LogP contribution is 2.24. The number of benzene rings is 3. The van der Waals surface area contributed by atoms with Gasteiger partial charge in [0.1, 0.15) is 0 Å². The third-order valence-electron chi connectivity index (χ3n) is 4.51. The third kappa shape index (κ3) is 5.55. The average molecular weight is 372 g/mol. The molecule has 0 atom stereocenters. The monoisotopic (exact) mass is 372 g/mol. The normalized spacial score (nSPS) is 10.5. The Morgan fingerprint density at radius 3 is 1.71 bits per heavy atom. The first kappa shape index (κ1) is 19.4. The number of rotatable bonds is 8. The molecule has 0 fully saturated rings. The summed E-state index contributed by atoms with van der Waals surface area (Å²) in [5, 5.41) is 5.78. The van der Waals surface area contributed by atoms with E-state index >= 15 is 0 Å². The smallest absolute Gasteiger partial charge is 0.232 e. The van der Waals surface area contributed by atoms with Gasteiger partial charge in [0.15, 0.2) is 0 Å². The van der Waals surface area contributed by atoms with Gasteiger partial charge in [-0.3, -0.25) is 9.59 Å². The van der Waals surface area contributed by atoms with Crippen LogP contribution in [0.5, 0.6) is 0 Å². The van der Waals surface area contributed by atoms with E-state index < -0.39 is 5.92 Å². The summed E-state index contributed by atoms with van der Waals surface area (Å²) in [5.74, 6) is -0.580. The molecule has 3 aromatic rings. The van der Waals surface area contributed by atoms with Gasteiger partial charge in [0.2, 0.25) is 11.8 Å². The van der Waals surface area contributed by atoms with Crippen LogP contribution in [0.4, 0.5) is 0 Å². The fraction of sp³-hybridized carbons (Fsp3) is 0.167. The van der Waals surface area contributed by atoms with E-state index in [2.05, 4.69) is 10.6 Å². The van der Waals surface area contributed by atoms with E-state index in [0.717, 1.165) is 16.7 Å². The van der Waals surface area contributed by atoms with E-state index in [0.29, 0.717) is 13.1 Å². The first-order chi connectivity index (χ1) is 13.7. The molecule has 0 aliphatic carbocycles. The minimum Gasteiger partial charge on any atom is -0.355 e. The Bertz CT molecular complexity index is 841. The standard InChI is InChI=1S/C24H24N2O2/c27-22(26-18-19-10-4-1-5-11-19)16-17-25-24(28)23(20-12-6-2-7-13-20)21-14-8-3-9-15-21/h1-15,23H,16-18H2,(H,25,28)(H,26,27). The molecule has 2 amide bonds. The van der Waals surface area contributed by atoms with Crippen LogP contribution in [0.3, 0.4) is 0 Å². The molecular weight excluding hydrogens is 348 g/mol. The van der Waals surface area contributed by atoms with Crippen LogP contribution in [-0.2, 0) is 16.1 Å². The molecule has 0 radical (unpaired) electrons. The topological polar surface area (TPSA) is 58.2 Å². The molecule has 28 heavy (non-hydrogen) atoms. The predicted octanol–water partition coefficient (Wildman–Crippen LogP) is 3.64. The van der Waals surface area contributed by atoms with Gasteiger partial charge in [-0.25, -0.2) is 0 Å². The summed E-state index contributed by atoms with van der Waals surface area (Å²) >= 11 is 0. The van der Waals surface area contributed by atoms with E-state index in [4.69, 9.17) is 0 Å². The highest BCUT2D eigenvalue weighted by atomic mass is 16.2. The largest absolute Gasteiger partial charge is 0.355 e. The Balaban J connectivity index is 1.55. The molecule has 0 heterocycles. The summed E-state index contributed by atoms with van der Waals surface area (Å²) in [6, 6.07) is 29.1. The summed E-state index contributed by atoms with van der Waals surface area (Å²) in [7, 11) is 0. The van der Waals surface area contributed by atoms with Crippen molar-refractivity contribution < 1.29 is 9.59 Å². The van der Waals surface area contributed by atoms with Crippen molar-refractivity contribution in [1.29, 1.82) is 0 Å². The molecule has 4 heteroatoms. The van der Waals surface area contributed by atoms with Gasteiger partial charge in [-0.15, -0.1) is 0 Å². The van der Waals surface area contributed by atoms with Crippen LogP contribution in [0.25, 0.3) is 0 Å². The van der Waals surface area contributed by atoms with Crippen LogP contribution in [0, 0.1) is 0 Å². The van der Waals surface area contributed by atoms with E-state index in [9.17, 15) is 9.59 Å². The molecule has 0 unspecified atom stereocenters. The first-order valence-corrected chi connectivity index (χ1v) is 9.42. The van der Waals surface area contributed by atoms with E-state index in [1.54, 1.807) is 0 Å². The minimum absolute atomic E-state index is 0.0832. The van der Waals surface area contributed by atoms with E-state index in [1.165, 1.54) is 0 Å². The van der Waals surface area contributed by atoms with Crippen LogP contribution in [-0.4, -0.2) is 18.4 Å². The molecule has 3 rings (SSSR count). The van der Waals surface area contributed by atoms with Crippen LogP contribution in [0.2, 0.25) is 0 Å². The van der Waals surface area contributed by atoms with Crippen molar-refractivity contribution in [3.63, 3.8) is 0 Å². The molecule has 3 aromatic carbocycles. The highest BCUT2D eigenvalue weighted by molar-refractivity contribution is 5.87. The SMILES string of the molecule is O=C(CCNC(=O)C(c1ccccc1)c1ccccc1)NCc1ccccc1. The number of carbonyl (C=O) groups excluding carboxylic acids is 2. The van der Waals surface area contributed by atoms with Crippen molar-refractivity contribution in [2.24, 2.45) is 0 Å². The molecule has 0 bridgehead atoms. The summed E-state index contributed by atoms with van der Waals surface area (Å²) in [4.78, 5) is 24.9. The van der Waals surface area contributed by atoms with Crippen molar-refractivity contribution >= 4 is 11.8 Å². The summed E-state index contributed by atoms with van der Waals surface area (Å²) in [6.07, 6.45) is 0.245. The molecule has 0 aliphatic heterocycles. The van der Waals surface area contributed by atoms with Crippen molar-refractivity contribution in [2.75, 3.05) is 6.54 Å². The Morgan fingerprint density at radius 2 is 1.18 bits per heavy atom. The zero-order valence-corrected chi connectivity index (χ0v) is 15.7. The van der Waals surface area contributed by atoms with Crippen LogP contribution in [0.15, 0.2) is 91.0 Å². The zero-order valence-electron chi connectivity index (χ0n) is 15.7. The lowest BCUT2D eigenvalue weighted by Crippen LogP contribution is -2.34. The fourth-order valence-corrected chi connectivity index (χ4v) is 3.07. The van der Waals surface area contributed by atoms with Gasteiger partial charge in [-0.1, -0.05) is 91.0 Å². The average Bonchev–Trinajstić information content (AvgIpc) is 2.75. The van der Waals surface area contributed by atoms with Crippen molar-refractivity contribution in [2.45, 2.75) is 18.9 Å². The second-order valence-corrected chi connectivity index (χ2v) is 6.56. The zero-order chi connectivity index (χ0) is 19.6. The van der Waals surface area contributed by atoms with Gasteiger partial charge in [-0.05, 0) is 16.7 Å². The van der Waals surface area contributed by atoms with Gasteiger partial charge < -0.3 is 10.6 Å². The Hall–Kier alpha value is -3.40. The Labute approximate surface area is 165 Å². The van der Waals surface area contributed by atoms with E-state index in [-0.39, 0.29) is 18.2 Å². The van der Waals surface area contributed by atoms with Crippen molar-refractivity contribution in [3.8, 4) is 0 Å². The molecule has 4 nitrogen and oxygen atoms in total. The summed E-state index contributed by atoms with van der Waals surface area (Å²) in [5.41, 5.74) is 2.91. The number of amides is 2. The number of hydrogen-bond acceptors (Lipinski definition) is 2. The Morgan fingerprint density at radius 1 is 0.679 bits per heavy atom. The van der Waals surface area contributed by atoms with Crippen molar-refractivity contribution in [3.05, 3.63) is 108 Å². The molecule has 0 spiro atoms. The maximum atomic E-state index is 12.9. The molecule has 2 N–H and O–H groups in total. The van der Waals surface area contributed by atoms with Crippen LogP contribution >= 0.6 is 0 Å². The fourth-order valence-electron chi connectivity index (χ4n) is 3.07. The van der Waals surface area contributed by atoms with Crippen molar-refractivity contribution in [1.82, 2.24) is 10.6 Å². The van der Waals surface area contributed by atoms with Gasteiger partial charge in [0, 0.05) is 19.5 Å². The molecule has 142 valence electrons. The van der Waals surface area contributed by atoms with Gasteiger partial charge in [-0.2, -0.15) is 0 Å². The predicted molar refractivity (Wildman–Crippen MR) is 111 cm³/mol. The highest BCUT2D eigenvalue weighted by Gasteiger charge is 2.22. The molecular formula is C24H24N2O2. The van der Waals surface area contributed by atoms with Crippen LogP contribution < -0.4 is 10.6 Å². The second kappa shape index (κ2) is 10.1. The number of nitrogens with one attached hydrogen (secondary N) is 2. The maximum absolute atomic E-state index is 12.9. The lowest BCUT2D eigenvalue weighted by molar-refractivity contribution is -0.122. The number of carbonyl (C=O) groups is 2. The minimum atomic E-state index is -0.394. The first-order valence-electron chi connectivity index (χ1n) is 9.42. The van der Waals surface area contributed by atoms with Gasteiger partial charge in [0.25, 0.3) is 0 Å². The molecule has 0 saturated carbocycles. The van der Waals surface area contributed by atoms with E-state index in [1.807, 2.05) is 91.0 Å². The maximum Gasteiger partial charge on any atom is 0.232 e. The quantitative estimate of drug-likeness (QED) is 0.634. The Kier molecular flexibility index (Phi) is 6.96. The van der Waals surface area contributed by atoms with Gasteiger partial charge >= 0.3 is 0 Å². The lowest BCUT2D eigenvalue weighted by atomic mass is 9.90. The number of hydrogen-bond donors (Lipinski definition) is 2.